The van der Waals surface area contributed by atoms with Crippen molar-refractivity contribution in [3.63, 3.8) is 0 Å². The van der Waals surface area contributed by atoms with Crippen LogP contribution in [0.1, 0.15) is 5.56 Å². The van der Waals surface area contributed by atoms with Crippen molar-refractivity contribution in [2.45, 2.75) is 5.16 Å². The Hall–Kier alpha value is -3.82. The Morgan fingerprint density at radius 3 is 2.63 bits per heavy atom. The van der Waals surface area contributed by atoms with Crippen LogP contribution in [0.2, 0.25) is 5.02 Å². The summed E-state index contributed by atoms with van der Waals surface area (Å²) in [7, 11) is 3.11. The summed E-state index contributed by atoms with van der Waals surface area (Å²) in [5, 5.41) is 5.43. The van der Waals surface area contributed by atoms with E-state index in [9.17, 15) is 9.59 Å². The van der Waals surface area contributed by atoms with E-state index in [1.807, 2.05) is 6.07 Å². The molecule has 4 rings (SSSR count). The number of methoxy groups -OCH3 is 2. The summed E-state index contributed by atoms with van der Waals surface area (Å²) >= 11 is 7.15. The summed E-state index contributed by atoms with van der Waals surface area (Å²) in [5.41, 5.74) is 4.09. The topological polar surface area (TPSA) is 94.8 Å². The summed E-state index contributed by atoms with van der Waals surface area (Å²) < 4.78 is 12.0. The molecule has 1 amide bonds. The number of amides is 1. The maximum Gasteiger partial charge on any atom is 0.266 e. The number of ether oxygens (including phenoxy) is 2. The Bertz CT molecular complexity index is 1450. The second-order valence-electron chi connectivity index (χ2n) is 7.22. The molecule has 0 radical (unpaired) electrons. The molecule has 10 heteroatoms. The molecule has 1 heterocycles. The zero-order valence-electron chi connectivity index (χ0n) is 18.9. The van der Waals surface area contributed by atoms with Gasteiger partial charge in [0.05, 0.1) is 42.8 Å². The highest BCUT2D eigenvalue weighted by Gasteiger charge is 2.15. The molecule has 1 aromatic heterocycles. The lowest BCUT2D eigenvalue weighted by atomic mass is 10.2. The van der Waals surface area contributed by atoms with Gasteiger partial charge in [0.1, 0.15) is 11.5 Å². The van der Waals surface area contributed by atoms with E-state index in [1.54, 1.807) is 67.8 Å². The fourth-order valence-electron chi connectivity index (χ4n) is 3.29. The normalized spacial score (nSPS) is 11.1. The summed E-state index contributed by atoms with van der Waals surface area (Å²) in [4.78, 5) is 30.3. The number of hydrogen-bond acceptors (Lipinski definition) is 7. The van der Waals surface area contributed by atoms with Gasteiger partial charge in [0.15, 0.2) is 5.16 Å². The van der Waals surface area contributed by atoms with Crippen molar-refractivity contribution in [2.24, 2.45) is 5.10 Å². The highest BCUT2D eigenvalue weighted by Crippen LogP contribution is 2.24. The van der Waals surface area contributed by atoms with Gasteiger partial charge in [-0.3, -0.25) is 14.2 Å². The molecule has 0 aliphatic rings. The van der Waals surface area contributed by atoms with E-state index in [1.165, 1.54) is 17.9 Å². The minimum Gasteiger partial charge on any atom is -0.497 e. The minimum atomic E-state index is -0.358. The fraction of sp³-hybridized carbons (Fsp3) is 0.120. The van der Waals surface area contributed by atoms with Gasteiger partial charge in [-0.2, -0.15) is 5.10 Å². The number of nitrogens with one attached hydrogen (secondary N) is 1. The quantitative estimate of drug-likeness (QED) is 0.165. The molecule has 0 aliphatic heterocycles. The number of fused-ring (bicyclic) bond motifs is 1. The maximum atomic E-state index is 13.2. The molecule has 0 unspecified atom stereocenters. The molecular formula is C25H21ClN4O4S. The van der Waals surface area contributed by atoms with Gasteiger partial charge >= 0.3 is 0 Å². The SMILES string of the molecule is COc1ccc(C=NNC(=O)CSc2nc3ccccc3c(=O)n2-c2ccc(Cl)cc2)c(OC)c1. The van der Waals surface area contributed by atoms with E-state index < -0.39 is 0 Å². The first-order valence-electron chi connectivity index (χ1n) is 10.4. The molecule has 4 aromatic rings. The van der Waals surface area contributed by atoms with Crippen LogP contribution in [-0.2, 0) is 4.79 Å². The molecular weight excluding hydrogens is 488 g/mol. The van der Waals surface area contributed by atoms with E-state index >= 15 is 0 Å². The number of aromatic nitrogens is 2. The number of benzene rings is 3. The number of nitrogens with zero attached hydrogens (tertiary/aromatic N) is 3. The Morgan fingerprint density at radius 1 is 1.11 bits per heavy atom. The van der Waals surface area contributed by atoms with Gasteiger partial charge in [0, 0.05) is 16.7 Å². The lowest BCUT2D eigenvalue weighted by molar-refractivity contribution is -0.118. The smallest absolute Gasteiger partial charge is 0.266 e. The van der Waals surface area contributed by atoms with Gasteiger partial charge < -0.3 is 9.47 Å². The molecule has 0 saturated carbocycles. The predicted molar refractivity (Wildman–Crippen MR) is 138 cm³/mol. The van der Waals surface area contributed by atoms with Gasteiger partial charge in [-0.25, -0.2) is 10.4 Å². The third-order valence-corrected chi connectivity index (χ3v) is 6.19. The number of thioether (sulfide) groups is 1. The van der Waals surface area contributed by atoms with Gasteiger partial charge in [-0.1, -0.05) is 35.5 Å². The van der Waals surface area contributed by atoms with Crippen molar-refractivity contribution in [1.29, 1.82) is 0 Å². The zero-order valence-corrected chi connectivity index (χ0v) is 20.5. The molecule has 178 valence electrons. The molecule has 8 nitrogen and oxygen atoms in total. The molecule has 0 bridgehead atoms. The highest BCUT2D eigenvalue weighted by molar-refractivity contribution is 7.99. The number of hydrazone groups is 1. The lowest BCUT2D eigenvalue weighted by Crippen LogP contribution is -2.24. The summed E-state index contributed by atoms with van der Waals surface area (Å²) in [6.45, 7) is 0. The highest BCUT2D eigenvalue weighted by atomic mass is 35.5. The van der Waals surface area contributed by atoms with Gasteiger partial charge in [-0.05, 0) is 48.5 Å². The van der Waals surface area contributed by atoms with Crippen LogP contribution >= 0.6 is 23.4 Å². The van der Waals surface area contributed by atoms with E-state index in [0.717, 1.165) is 11.8 Å². The maximum absolute atomic E-state index is 13.2. The molecule has 0 spiro atoms. The second kappa shape index (κ2) is 11.1. The van der Waals surface area contributed by atoms with Crippen molar-refractivity contribution >= 4 is 46.4 Å². The average Bonchev–Trinajstić information content (AvgIpc) is 2.88. The van der Waals surface area contributed by atoms with Crippen LogP contribution in [0.3, 0.4) is 0 Å². The molecule has 0 atom stereocenters. The predicted octanol–water partition coefficient (Wildman–Crippen LogP) is 4.30. The third kappa shape index (κ3) is 5.64. The molecule has 0 fully saturated rings. The first-order chi connectivity index (χ1) is 17.0. The Balaban J connectivity index is 1.53. The van der Waals surface area contributed by atoms with Crippen molar-refractivity contribution in [2.75, 3.05) is 20.0 Å². The standard InChI is InChI=1S/C25H21ClN4O4S/c1-33-19-12-7-16(22(13-19)34-2)14-27-29-23(31)15-35-25-28-21-6-4-3-5-20(21)24(32)30(25)18-10-8-17(26)9-11-18/h3-14H,15H2,1-2H3,(H,29,31). The summed E-state index contributed by atoms with van der Waals surface area (Å²) in [6.07, 6.45) is 1.48. The van der Waals surface area contributed by atoms with Crippen molar-refractivity contribution < 1.29 is 14.3 Å². The third-order valence-electron chi connectivity index (χ3n) is 5.00. The monoisotopic (exact) mass is 508 g/mol. The number of carbonyl (C=O) groups is 1. The first kappa shape index (κ1) is 24.3. The van der Waals surface area contributed by atoms with Crippen LogP contribution in [0.25, 0.3) is 16.6 Å². The number of hydrogen-bond donors (Lipinski definition) is 1. The lowest BCUT2D eigenvalue weighted by Gasteiger charge is -2.13. The number of para-hydroxylation sites is 1. The number of carbonyl (C=O) groups excluding carboxylic acids is 1. The average molecular weight is 509 g/mol. The van der Waals surface area contributed by atoms with Crippen LogP contribution in [0.4, 0.5) is 0 Å². The Labute approximate surface area is 210 Å². The first-order valence-corrected chi connectivity index (χ1v) is 11.8. The second-order valence-corrected chi connectivity index (χ2v) is 8.60. The van der Waals surface area contributed by atoms with Crippen LogP contribution in [0.15, 0.2) is 81.8 Å². The molecule has 0 aliphatic carbocycles. The van der Waals surface area contributed by atoms with E-state index in [-0.39, 0.29) is 17.2 Å². The Kier molecular flexibility index (Phi) is 7.69. The summed E-state index contributed by atoms with van der Waals surface area (Å²) in [6, 6.07) is 19.2. The molecule has 0 saturated heterocycles. The molecule has 35 heavy (non-hydrogen) atoms. The van der Waals surface area contributed by atoms with Crippen LogP contribution in [0.5, 0.6) is 11.5 Å². The van der Waals surface area contributed by atoms with E-state index in [4.69, 9.17) is 21.1 Å². The van der Waals surface area contributed by atoms with Gasteiger partial charge in [-0.15, -0.1) is 0 Å². The van der Waals surface area contributed by atoms with Crippen molar-refractivity contribution in [3.05, 3.63) is 87.7 Å². The summed E-state index contributed by atoms with van der Waals surface area (Å²) in [5.74, 6) is 0.844. The largest absolute Gasteiger partial charge is 0.497 e. The van der Waals surface area contributed by atoms with Crippen LogP contribution in [0, 0.1) is 0 Å². The van der Waals surface area contributed by atoms with Crippen LogP contribution < -0.4 is 20.5 Å². The number of halogens is 1. The Morgan fingerprint density at radius 2 is 1.89 bits per heavy atom. The fourth-order valence-corrected chi connectivity index (χ4v) is 4.22. The van der Waals surface area contributed by atoms with E-state index in [0.29, 0.717) is 43.8 Å². The van der Waals surface area contributed by atoms with Crippen molar-refractivity contribution in [1.82, 2.24) is 15.0 Å². The van der Waals surface area contributed by atoms with Crippen molar-refractivity contribution in [3.8, 4) is 17.2 Å². The molecule has 1 N–H and O–H groups in total. The number of rotatable bonds is 8. The van der Waals surface area contributed by atoms with Crippen LogP contribution in [-0.4, -0.2) is 41.6 Å². The van der Waals surface area contributed by atoms with Gasteiger partial charge in [0.25, 0.3) is 11.5 Å². The van der Waals surface area contributed by atoms with E-state index in [2.05, 4.69) is 15.5 Å². The minimum absolute atomic E-state index is 0.00451. The van der Waals surface area contributed by atoms with Gasteiger partial charge in [0.2, 0.25) is 0 Å². The zero-order chi connectivity index (χ0) is 24.8. The molecule has 3 aromatic carbocycles.